The number of aryl methyl sites for hydroxylation is 1. The van der Waals surface area contributed by atoms with Crippen molar-refractivity contribution in [3.05, 3.63) is 58.6 Å². The van der Waals surface area contributed by atoms with Gasteiger partial charge in [0.1, 0.15) is 5.75 Å². The van der Waals surface area contributed by atoms with Crippen molar-refractivity contribution in [2.75, 3.05) is 25.0 Å². The Hall–Kier alpha value is -2.86. The number of hydrogen-bond donors (Lipinski definition) is 1. The van der Waals surface area contributed by atoms with Gasteiger partial charge in [-0.25, -0.2) is 0 Å². The van der Waals surface area contributed by atoms with Crippen LogP contribution in [0.25, 0.3) is 0 Å². The molecule has 2 amide bonds. The van der Waals surface area contributed by atoms with Gasteiger partial charge in [-0.3, -0.25) is 14.4 Å². The lowest BCUT2D eigenvalue weighted by molar-refractivity contribution is -0.136. The average Bonchev–Trinajstić information content (AvgIpc) is 2.67. The maximum atomic E-state index is 12.4. The third-order valence-corrected chi connectivity index (χ3v) is 4.17. The van der Waals surface area contributed by atoms with E-state index in [0.29, 0.717) is 34.9 Å². The van der Waals surface area contributed by atoms with Gasteiger partial charge in [-0.05, 0) is 43.7 Å². The molecule has 2 rings (SSSR count). The van der Waals surface area contributed by atoms with Gasteiger partial charge >= 0.3 is 0 Å². The molecule has 0 spiro atoms. The zero-order valence-electron chi connectivity index (χ0n) is 15.2. The SMILES string of the molecule is CCN(CC(=O)Nc1cc(Cl)ccc1C)C(=O)COc1ccccc1C=O. The fourth-order valence-corrected chi connectivity index (χ4v) is 2.58. The Kier molecular flexibility index (Phi) is 7.37. The fraction of sp³-hybridized carbons (Fsp3) is 0.250. The van der Waals surface area contributed by atoms with Crippen molar-refractivity contribution in [1.82, 2.24) is 4.90 Å². The lowest BCUT2D eigenvalue weighted by Crippen LogP contribution is -2.40. The van der Waals surface area contributed by atoms with Crippen LogP contribution in [0.3, 0.4) is 0 Å². The number of ether oxygens (including phenoxy) is 1. The summed E-state index contributed by atoms with van der Waals surface area (Å²) in [6.07, 6.45) is 0.665. The zero-order valence-corrected chi connectivity index (χ0v) is 16.0. The summed E-state index contributed by atoms with van der Waals surface area (Å²) in [5.74, 6) is -0.351. The van der Waals surface area contributed by atoms with E-state index < -0.39 is 0 Å². The molecule has 0 aromatic heterocycles. The third kappa shape index (κ3) is 5.82. The predicted molar refractivity (Wildman–Crippen MR) is 104 cm³/mol. The van der Waals surface area contributed by atoms with Crippen LogP contribution in [0.15, 0.2) is 42.5 Å². The summed E-state index contributed by atoms with van der Waals surface area (Å²) in [4.78, 5) is 37.0. The summed E-state index contributed by atoms with van der Waals surface area (Å²) in [5, 5.41) is 3.27. The number of aldehydes is 1. The van der Waals surface area contributed by atoms with E-state index in [2.05, 4.69) is 5.32 Å². The number of carbonyl (C=O) groups is 3. The lowest BCUT2D eigenvalue weighted by atomic mass is 10.2. The van der Waals surface area contributed by atoms with Gasteiger partial charge in [0.2, 0.25) is 5.91 Å². The van der Waals surface area contributed by atoms with Gasteiger partial charge in [0, 0.05) is 17.3 Å². The molecule has 27 heavy (non-hydrogen) atoms. The Labute approximate surface area is 163 Å². The van der Waals surface area contributed by atoms with Crippen molar-refractivity contribution in [3.8, 4) is 5.75 Å². The van der Waals surface area contributed by atoms with Gasteiger partial charge in [0.15, 0.2) is 12.9 Å². The zero-order chi connectivity index (χ0) is 19.8. The molecule has 0 unspecified atom stereocenters. The van der Waals surface area contributed by atoms with Crippen LogP contribution in [0.1, 0.15) is 22.8 Å². The lowest BCUT2D eigenvalue weighted by Gasteiger charge is -2.21. The third-order valence-electron chi connectivity index (χ3n) is 3.94. The predicted octanol–water partition coefficient (Wildman–Crippen LogP) is 3.33. The highest BCUT2D eigenvalue weighted by molar-refractivity contribution is 6.31. The Morgan fingerprint density at radius 2 is 1.96 bits per heavy atom. The molecular weight excluding hydrogens is 368 g/mol. The van der Waals surface area contributed by atoms with Crippen molar-refractivity contribution in [2.45, 2.75) is 13.8 Å². The van der Waals surface area contributed by atoms with Crippen LogP contribution < -0.4 is 10.1 Å². The minimum atomic E-state index is -0.351. The number of hydrogen-bond acceptors (Lipinski definition) is 4. The van der Waals surface area contributed by atoms with Crippen LogP contribution in [0.4, 0.5) is 5.69 Å². The number of para-hydroxylation sites is 1. The van der Waals surface area contributed by atoms with Gasteiger partial charge in [0.05, 0.1) is 12.1 Å². The maximum Gasteiger partial charge on any atom is 0.260 e. The molecule has 142 valence electrons. The van der Waals surface area contributed by atoms with Crippen molar-refractivity contribution in [3.63, 3.8) is 0 Å². The maximum absolute atomic E-state index is 12.4. The Morgan fingerprint density at radius 3 is 2.67 bits per heavy atom. The molecule has 0 fully saturated rings. The molecule has 0 aliphatic rings. The van der Waals surface area contributed by atoms with E-state index in [1.54, 1.807) is 49.4 Å². The minimum absolute atomic E-state index is 0.111. The molecule has 0 aliphatic heterocycles. The van der Waals surface area contributed by atoms with Crippen LogP contribution in [-0.2, 0) is 9.59 Å². The number of nitrogens with zero attached hydrogens (tertiary/aromatic N) is 1. The van der Waals surface area contributed by atoms with Crippen molar-refractivity contribution >= 4 is 35.4 Å². The number of rotatable bonds is 8. The summed E-state index contributed by atoms with van der Waals surface area (Å²) < 4.78 is 5.44. The molecule has 2 aromatic rings. The number of nitrogens with one attached hydrogen (secondary N) is 1. The van der Waals surface area contributed by atoms with Crippen LogP contribution in [0.2, 0.25) is 5.02 Å². The number of likely N-dealkylation sites (N-methyl/N-ethyl adjacent to an activating group) is 1. The molecule has 0 saturated carbocycles. The highest BCUT2D eigenvalue weighted by Gasteiger charge is 2.17. The number of benzene rings is 2. The van der Waals surface area contributed by atoms with Gasteiger partial charge in [-0.2, -0.15) is 0 Å². The molecule has 1 N–H and O–H groups in total. The van der Waals surface area contributed by atoms with Crippen molar-refractivity contribution in [2.24, 2.45) is 0 Å². The highest BCUT2D eigenvalue weighted by atomic mass is 35.5. The second-order valence-electron chi connectivity index (χ2n) is 5.86. The Morgan fingerprint density at radius 1 is 1.22 bits per heavy atom. The van der Waals surface area contributed by atoms with Crippen LogP contribution in [0, 0.1) is 6.92 Å². The molecule has 0 heterocycles. The van der Waals surface area contributed by atoms with Crippen molar-refractivity contribution in [1.29, 1.82) is 0 Å². The molecule has 0 radical (unpaired) electrons. The molecular formula is C20H21ClN2O4. The van der Waals surface area contributed by atoms with Gasteiger partial charge in [0.25, 0.3) is 5.91 Å². The second-order valence-corrected chi connectivity index (χ2v) is 6.30. The second kappa shape index (κ2) is 9.73. The van der Waals surface area contributed by atoms with E-state index >= 15 is 0 Å². The van der Waals surface area contributed by atoms with Crippen molar-refractivity contribution < 1.29 is 19.1 Å². The number of anilines is 1. The molecule has 0 saturated heterocycles. The van der Waals surface area contributed by atoms with Crippen LogP contribution >= 0.6 is 11.6 Å². The van der Waals surface area contributed by atoms with E-state index in [1.807, 2.05) is 6.92 Å². The summed E-state index contributed by atoms with van der Waals surface area (Å²) in [6, 6.07) is 11.8. The molecule has 6 nitrogen and oxygen atoms in total. The molecule has 7 heteroatoms. The standard InChI is InChI=1S/C20H21ClN2O4/c1-3-23(11-19(25)22-17-10-16(21)9-8-14(17)2)20(26)13-27-18-7-5-4-6-15(18)12-24/h4-10,12H,3,11,13H2,1-2H3,(H,22,25). The first-order valence-corrected chi connectivity index (χ1v) is 8.83. The quantitative estimate of drug-likeness (QED) is 0.704. The van der Waals surface area contributed by atoms with E-state index in [-0.39, 0.29) is 25.0 Å². The van der Waals surface area contributed by atoms with E-state index in [4.69, 9.17) is 16.3 Å². The first-order valence-electron chi connectivity index (χ1n) is 8.45. The summed E-state index contributed by atoms with van der Waals surface area (Å²) >= 11 is 5.95. The Bertz CT molecular complexity index is 838. The fourth-order valence-electron chi connectivity index (χ4n) is 2.41. The number of amides is 2. The molecule has 0 bridgehead atoms. The minimum Gasteiger partial charge on any atom is -0.483 e. The summed E-state index contributed by atoms with van der Waals surface area (Å²) in [5.41, 5.74) is 1.84. The van der Waals surface area contributed by atoms with E-state index in [0.717, 1.165) is 5.56 Å². The first kappa shape index (κ1) is 20.5. The smallest absolute Gasteiger partial charge is 0.260 e. The van der Waals surface area contributed by atoms with Gasteiger partial charge in [-0.1, -0.05) is 29.8 Å². The van der Waals surface area contributed by atoms with E-state index in [9.17, 15) is 14.4 Å². The largest absolute Gasteiger partial charge is 0.483 e. The van der Waals surface area contributed by atoms with Crippen LogP contribution in [0.5, 0.6) is 5.75 Å². The Balaban J connectivity index is 1.95. The van der Waals surface area contributed by atoms with E-state index in [1.165, 1.54) is 4.90 Å². The van der Waals surface area contributed by atoms with Gasteiger partial charge < -0.3 is 15.0 Å². The molecule has 2 aromatic carbocycles. The van der Waals surface area contributed by atoms with Gasteiger partial charge in [-0.15, -0.1) is 0 Å². The molecule has 0 atom stereocenters. The first-order chi connectivity index (χ1) is 12.9. The summed E-state index contributed by atoms with van der Waals surface area (Å²) in [6.45, 7) is 3.60. The summed E-state index contributed by atoms with van der Waals surface area (Å²) in [7, 11) is 0. The number of halogens is 1. The normalized spacial score (nSPS) is 10.2. The molecule has 0 aliphatic carbocycles. The monoisotopic (exact) mass is 388 g/mol. The number of carbonyl (C=O) groups excluding carboxylic acids is 3. The van der Waals surface area contributed by atoms with Crippen LogP contribution in [-0.4, -0.2) is 42.7 Å². The average molecular weight is 389 g/mol. The highest BCUT2D eigenvalue weighted by Crippen LogP contribution is 2.20. The topological polar surface area (TPSA) is 75.7 Å².